The fourth-order valence-electron chi connectivity index (χ4n) is 1.72. The summed E-state index contributed by atoms with van der Waals surface area (Å²) < 4.78 is 47.0. The average molecular weight is 321 g/mol. The van der Waals surface area contributed by atoms with E-state index in [1.807, 2.05) is 0 Å². The minimum Gasteiger partial charge on any atom is -0.396 e. The molecule has 1 atom stereocenters. The molecule has 0 aliphatic carbocycles. The maximum absolute atomic E-state index is 12.2. The number of aliphatic hydroxyl groups is 1. The second-order valence-electron chi connectivity index (χ2n) is 4.52. The second-order valence-corrected chi connectivity index (χ2v) is 8.57. The van der Waals surface area contributed by atoms with Gasteiger partial charge in [0.05, 0.1) is 15.5 Å². The molecule has 1 aromatic rings. The van der Waals surface area contributed by atoms with E-state index in [1.54, 1.807) is 7.05 Å². The zero-order valence-electron chi connectivity index (χ0n) is 11.4. The molecule has 6 nitrogen and oxygen atoms in total. The lowest BCUT2D eigenvalue weighted by molar-refractivity contribution is 0.272. The van der Waals surface area contributed by atoms with Crippen LogP contribution in [0.2, 0.25) is 0 Å². The minimum absolute atomic E-state index is 0.0723. The maximum atomic E-state index is 12.2. The Hall–Kier alpha value is -0.960. The monoisotopic (exact) mass is 321 g/mol. The maximum Gasteiger partial charge on any atom is 0.179 e. The van der Waals surface area contributed by atoms with Crippen molar-refractivity contribution in [2.45, 2.75) is 22.3 Å². The molecule has 0 saturated carbocycles. The van der Waals surface area contributed by atoms with Gasteiger partial charge in [-0.15, -0.1) is 0 Å². The number of rotatable bonds is 7. The normalized spacial score (nSPS) is 14.2. The first-order chi connectivity index (χ1) is 9.20. The van der Waals surface area contributed by atoms with Crippen LogP contribution in [0.1, 0.15) is 6.42 Å². The van der Waals surface area contributed by atoms with Gasteiger partial charge in [-0.2, -0.15) is 0 Å². The molecule has 0 amide bonds. The zero-order valence-corrected chi connectivity index (χ0v) is 13.0. The number of aliphatic hydroxyl groups excluding tert-OH is 1. The van der Waals surface area contributed by atoms with Crippen LogP contribution in [0.15, 0.2) is 34.1 Å². The van der Waals surface area contributed by atoms with Crippen LogP contribution in [0.4, 0.5) is 0 Å². The Morgan fingerprint density at radius 1 is 1.10 bits per heavy atom. The summed E-state index contributed by atoms with van der Waals surface area (Å²) in [6.45, 7) is -0.103. The molecule has 0 radical (unpaired) electrons. The Morgan fingerprint density at radius 2 is 1.60 bits per heavy atom. The first-order valence-corrected chi connectivity index (χ1v) is 9.56. The first kappa shape index (κ1) is 17.1. The SMILES string of the molecule is CNC(CCO)CS(=O)(=O)c1ccc(S(C)(=O)=O)cc1. The number of nitrogens with one attached hydrogen (secondary N) is 1. The summed E-state index contributed by atoms with van der Waals surface area (Å²) in [5.74, 6) is -0.151. The molecule has 0 aliphatic rings. The minimum atomic E-state index is -3.52. The molecule has 0 bridgehead atoms. The Labute approximate surface area is 119 Å². The standard InChI is InChI=1S/C12H19NO5S2/c1-13-10(7-8-14)9-20(17,18)12-5-3-11(4-6-12)19(2,15)16/h3-6,10,13-14H,7-9H2,1-2H3. The molecule has 1 unspecified atom stereocenters. The van der Waals surface area contributed by atoms with Gasteiger partial charge >= 0.3 is 0 Å². The van der Waals surface area contributed by atoms with Crippen molar-refractivity contribution in [3.05, 3.63) is 24.3 Å². The van der Waals surface area contributed by atoms with Gasteiger partial charge in [0, 0.05) is 18.9 Å². The van der Waals surface area contributed by atoms with Crippen molar-refractivity contribution in [1.82, 2.24) is 5.32 Å². The first-order valence-electron chi connectivity index (χ1n) is 6.01. The molecule has 0 fully saturated rings. The van der Waals surface area contributed by atoms with Crippen molar-refractivity contribution in [2.24, 2.45) is 0 Å². The highest BCUT2D eigenvalue weighted by atomic mass is 32.2. The van der Waals surface area contributed by atoms with Gasteiger partial charge in [-0.3, -0.25) is 0 Å². The van der Waals surface area contributed by atoms with Crippen LogP contribution in [0.5, 0.6) is 0 Å². The molecule has 0 saturated heterocycles. The number of benzene rings is 1. The molecule has 0 heterocycles. The van der Waals surface area contributed by atoms with Gasteiger partial charge in [0.25, 0.3) is 0 Å². The van der Waals surface area contributed by atoms with E-state index < -0.39 is 19.7 Å². The van der Waals surface area contributed by atoms with Crippen molar-refractivity contribution in [1.29, 1.82) is 0 Å². The molecule has 2 N–H and O–H groups in total. The third-order valence-electron chi connectivity index (χ3n) is 2.92. The summed E-state index contributed by atoms with van der Waals surface area (Å²) in [5, 5.41) is 11.7. The van der Waals surface area contributed by atoms with Crippen LogP contribution in [-0.2, 0) is 19.7 Å². The predicted molar refractivity (Wildman–Crippen MR) is 76.2 cm³/mol. The predicted octanol–water partition coefficient (Wildman–Crippen LogP) is -0.166. The highest BCUT2D eigenvalue weighted by Gasteiger charge is 2.20. The van der Waals surface area contributed by atoms with E-state index in [9.17, 15) is 16.8 Å². The van der Waals surface area contributed by atoms with E-state index in [0.717, 1.165) is 6.26 Å². The van der Waals surface area contributed by atoms with E-state index in [2.05, 4.69) is 5.32 Å². The van der Waals surface area contributed by atoms with E-state index >= 15 is 0 Å². The van der Waals surface area contributed by atoms with E-state index in [-0.39, 0.29) is 28.2 Å². The summed E-state index contributed by atoms with van der Waals surface area (Å²) in [6, 6.07) is 4.79. The summed E-state index contributed by atoms with van der Waals surface area (Å²) in [4.78, 5) is 0.153. The molecule has 8 heteroatoms. The highest BCUT2D eigenvalue weighted by Crippen LogP contribution is 2.16. The van der Waals surface area contributed by atoms with E-state index in [0.29, 0.717) is 6.42 Å². The number of sulfone groups is 2. The van der Waals surface area contributed by atoms with Crippen LogP contribution in [0.3, 0.4) is 0 Å². The van der Waals surface area contributed by atoms with Gasteiger partial charge < -0.3 is 10.4 Å². The number of hydrogen-bond acceptors (Lipinski definition) is 6. The van der Waals surface area contributed by atoms with Crippen LogP contribution in [-0.4, -0.2) is 53.6 Å². The van der Waals surface area contributed by atoms with Gasteiger partial charge in [0.2, 0.25) is 0 Å². The van der Waals surface area contributed by atoms with Crippen molar-refractivity contribution < 1.29 is 21.9 Å². The van der Waals surface area contributed by atoms with Gasteiger partial charge in [-0.1, -0.05) is 0 Å². The lowest BCUT2D eigenvalue weighted by Crippen LogP contribution is -2.33. The summed E-state index contributed by atoms with van der Waals surface area (Å²) in [6.07, 6.45) is 1.39. The molecule has 0 aliphatic heterocycles. The molecule has 1 rings (SSSR count). The molecule has 1 aromatic carbocycles. The Balaban J connectivity index is 2.99. The number of hydrogen-bond donors (Lipinski definition) is 2. The van der Waals surface area contributed by atoms with Crippen molar-refractivity contribution in [3.63, 3.8) is 0 Å². The van der Waals surface area contributed by atoms with Gasteiger partial charge in [0.15, 0.2) is 19.7 Å². The zero-order chi connectivity index (χ0) is 15.4. The van der Waals surface area contributed by atoms with Crippen LogP contribution in [0.25, 0.3) is 0 Å². The third-order valence-corrected chi connectivity index (χ3v) is 5.88. The highest BCUT2D eigenvalue weighted by molar-refractivity contribution is 7.91. The molecule has 0 aromatic heterocycles. The van der Waals surface area contributed by atoms with Crippen LogP contribution < -0.4 is 5.32 Å². The third kappa shape index (κ3) is 4.55. The van der Waals surface area contributed by atoms with Crippen molar-refractivity contribution in [2.75, 3.05) is 25.7 Å². The quantitative estimate of drug-likeness (QED) is 0.723. The fraction of sp³-hybridized carbons (Fsp3) is 0.500. The molecule has 0 spiro atoms. The van der Waals surface area contributed by atoms with Gasteiger partial charge in [-0.25, -0.2) is 16.8 Å². The van der Waals surface area contributed by atoms with E-state index in [4.69, 9.17) is 5.11 Å². The summed E-state index contributed by atoms with van der Waals surface area (Å²) in [7, 11) is -5.24. The van der Waals surface area contributed by atoms with Crippen molar-refractivity contribution >= 4 is 19.7 Å². The molecular formula is C12H19NO5S2. The molecular weight excluding hydrogens is 302 g/mol. The van der Waals surface area contributed by atoms with Gasteiger partial charge in [-0.05, 0) is 37.7 Å². The fourth-order valence-corrected chi connectivity index (χ4v) is 3.96. The van der Waals surface area contributed by atoms with E-state index in [1.165, 1.54) is 24.3 Å². The Kier molecular flexibility index (Phi) is 5.69. The largest absolute Gasteiger partial charge is 0.396 e. The molecule has 114 valence electrons. The smallest absolute Gasteiger partial charge is 0.179 e. The topological polar surface area (TPSA) is 101 Å². The average Bonchev–Trinajstić information content (AvgIpc) is 2.37. The Morgan fingerprint density at radius 3 is 2.00 bits per heavy atom. The Bertz CT molecular complexity index is 635. The molecule has 20 heavy (non-hydrogen) atoms. The lowest BCUT2D eigenvalue weighted by Gasteiger charge is -2.15. The lowest BCUT2D eigenvalue weighted by atomic mass is 10.2. The summed E-state index contributed by atoms with van der Waals surface area (Å²) in [5.41, 5.74) is 0. The van der Waals surface area contributed by atoms with Crippen LogP contribution >= 0.6 is 0 Å². The van der Waals surface area contributed by atoms with Crippen molar-refractivity contribution in [3.8, 4) is 0 Å². The van der Waals surface area contributed by atoms with Crippen LogP contribution in [0, 0.1) is 0 Å². The van der Waals surface area contributed by atoms with Gasteiger partial charge in [0.1, 0.15) is 0 Å². The summed E-state index contributed by atoms with van der Waals surface area (Å²) >= 11 is 0. The second kappa shape index (κ2) is 6.66.